The van der Waals surface area contributed by atoms with Crippen molar-refractivity contribution in [1.82, 2.24) is 10.2 Å². The van der Waals surface area contributed by atoms with Gasteiger partial charge in [-0.25, -0.2) is 5.01 Å². The third-order valence-corrected chi connectivity index (χ3v) is 3.07. The smallest absolute Gasteiger partial charge is 0.289 e. The number of benzene rings is 1. The lowest BCUT2D eigenvalue weighted by Gasteiger charge is -2.38. The molecule has 23 heavy (non-hydrogen) atoms. The minimum Gasteiger partial charge on any atom is -0.741 e. The molecule has 0 spiro atoms. The zero-order chi connectivity index (χ0) is 17.6. The Bertz CT molecular complexity index is 608. The van der Waals surface area contributed by atoms with E-state index < -0.39 is 32.7 Å². The summed E-state index contributed by atoms with van der Waals surface area (Å²) in [5, 5.41) is 34.6. The van der Waals surface area contributed by atoms with Gasteiger partial charge in [-0.3, -0.25) is 25.0 Å². The van der Waals surface area contributed by atoms with Crippen molar-refractivity contribution in [1.29, 1.82) is 0 Å². The predicted molar refractivity (Wildman–Crippen MR) is 82.3 cm³/mol. The van der Waals surface area contributed by atoms with Gasteiger partial charge >= 0.3 is 0 Å². The number of rotatable bonds is 8. The van der Waals surface area contributed by atoms with Crippen LogP contribution in [0.2, 0.25) is 0 Å². The highest BCUT2D eigenvalue weighted by Gasteiger charge is 2.26. The second-order valence-electron chi connectivity index (χ2n) is 4.13. The molecule has 0 unspecified atom stereocenters. The molecule has 0 atom stereocenters. The molecular formula is C11H11Cl2N4O6-. The maximum atomic E-state index is 12.2. The van der Waals surface area contributed by atoms with E-state index in [1.165, 1.54) is 0 Å². The van der Waals surface area contributed by atoms with Crippen LogP contribution in [0.25, 0.3) is 0 Å². The SMILES string of the molecule is O=C(c1ccc([N+](=O)[O-])cc1[N+](=O)[O-])N([O-])N(CCCl)CCCl. The van der Waals surface area contributed by atoms with Crippen molar-refractivity contribution in [3.8, 4) is 0 Å². The second-order valence-corrected chi connectivity index (χ2v) is 4.88. The van der Waals surface area contributed by atoms with Crippen LogP contribution < -0.4 is 0 Å². The molecule has 126 valence electrons. The molecular weight excluding hydrogens is 355 g/mol. The highest BCUT2D eigenvalue weighted by Crippen LogP contribution is 2.26. The van der Waals surface area contributed by atoms with Crippen molar-refractivity contribution < 1.29 is 14.6 Å². The van der Waals surface area contributed by atoms with Crippen LogP contribution >= 0.6 is 23.2 Å². The largest absolute Gasteiger partial charge is 0.741 e. The van der Waals surface area contributed by atoms with Crippen LogP contribution in [-0.2, 0) is 0 Å². The number of nitrogens with zero attached hydrogens (tertiary/aromatic N) is 4. The highest BCUT2D eigenvalue weighted by atomic mass is 35.5. The van der Waals surface area contributed by atoms with E-state index in [1.807, 2.05) is 0 Å². The van der Waals surface area contributed by atoms with Gasteiger partial charge in [0.05, 0.1) is 15.9 Å². The predicted octanol–water partition coefficient (Wildman–Crippen LogP) is 2.14. The normalized spacial score (nSPS) is 10.6. The number of halogens is 2. The zero-order valence-corrected chi connectivity index (χ0v) is 13.1. The van der Waals surface area contributed by atoms with E-state index in [-0.39, 0.29) is 30.0 Å². The Balaban J connectivity index is 3.20. The van der Waals surface area contributed by atoms with Crippen LogP contribution in [0, 0.1) is 25.4 Å². The van der Waals surface area contributed by atoms with E-state index in [4.69, 9.17) is 23.2 Å². The van der Waals surface area contributed by atoms with E-state index in [0.717, 1.165) is 17.1 Å². The first kappa shape index (κ1) is 19.0. The number of carbonyl (C=O) groups excluding carboxylic acids is 1. The quantitative estimate of drug-likeness (QED) is 0.391. The fourth-order valence-electron chi connectivity index (χ4n) is 1.69. The number of nitro benzene ring substituents is 2. The molecule has 12 heteroatoms. The van der Waals surface area contributed by atoms with E-state index in [1.54, 1.807) is 0 Å². The van der Waals surface area contributed by atoms with Gasteiger partial charge in [-0.1, -0.05) is 0 Å². The third-order valence-electron chi connectivity index (χ3n) is 2.74. The molecule has 0 aromatic heterocycles. The van der Waals surface area contributed by atoms with E-state index in [2.05, 4.69) is 0 Å². The Morgan fingerprint density at radius 3 is 2.09 bits per heavy atom. The monoisotopic (exact) mass is 365 g/mol. The number of hydrazine groups is 1. The molecule has 0 heterocycles. The summed E-state index contributed by atoms with van der Waals surface area (Å²) in [5.74, 6) is -1.17. The summed E-state index contributed by atoms with van der Waals surface area (Å²) >= 11 is 11.0. The van der Waals surface area contributed by atoms with Gasteiger partial charge in [-0.05, 0) is 6.07 Å². The van der Waals surface area contributed by atoms with Crippen LogP contribution in [-0.4, -0.2) is 50.8 Å². The summed E-state index contributed by atoms with van der Waals surface area (Å²) < 4.78 is 0. The van der Waals surface area contributed by atoms with Crippen molar-refractivity contribution in [2.45, 2.75) is 0 Å². The topological polar surface area (TPSA) is 133 Å². The molecule has 0 bridgehead atoms. The van der Waals surface area contributed by atoms with Crippen LogP contribution in [0.5, 0.6) is 0 Å². The summed E-state index contributed by atoms with van der Waals surface area (Å²) in [5.41, 5.74) is -1.96. The molecule has 0 saturated heterocycles. The first-order chi connectivity index (χ1) is 10.8. The van der Waals surface area contributed by atoms with Crippen molar-refractivity contribution in [3.63, 3.8) is 0 Å². The van der Waals surface area contributed by atoms with E-state index in [0.29, 0.717) is 6.07 Å². The van der Waals surface area contributed by atoms with Gasteiger partial charge in [0.2, 0.25) is 0 Å². The third kappa shape index (κ3) is 4.73. The van der Waals surface area contributed by atoms with E-state index >= 15 is 0 Å². The number of amides is 1. The molecule has 10 nitrogen and oxygen atoms in total. The first-order valence-corrected chi connectivity index (χ1v) is 7.21. The maximum absolute atomic E-state index is 12.2. The Kier molecular flexibility index (Phi) is 7.10. The van der Waals surface area contributed by atoms with Gasteiger partial charge in [0.15, 0.2) is 0 Å². The van der Waals surface area contributed by atoms with Crippen molar-refractivity contribution in [2.24, 2.45) is 0 Å². The number of alkyl halides is 2. The second kappa shape index (κ2) is 8.58. The number of hydrogen-bond acceptors (Lipinski definition) is 7. The number of non-ortho nitro benzene ring substituents is 1. The van der Waals surface area contributed by atoms with Crippen LogP contribution in [0.1, 0.15) is 10.4 Å². The van der Waals surface area contributed by atoms with Gasteiger partial charge in [0.1, 0.15) is 5.56 Å². The van der Waals surface area contributed by atoms with Crippen molar-refractivity contribution in [3.05, 3.63) is 49.2 Å². The van der Waals surface area contributed by atoms with Gasteiger partial charge in [-0.15, -0.1) is 23.2 Å². The fourth-order valence-corrected chi connectivity index (χ4v) is 2.08. The van der Waals surface area contributed by atoms with Gasteiger partial charge in [0.25, 0.3) is 17.3 Å². The summed E-state index contributed by atoms with van der Waals surface area (Å²) in [6.07, 6.45) is 0. The summed E-state index contributed by atoms with van der Waals surface area (Å²) in [6, 6.07) is 2.39. The van der Waals surface area contributed by atoms with Gasteiger partial charge in [0, 0.05) is 30.9 Å². The Labute approximate surface area is 140 Å². The molecule has 1 rings (SSSR count). The standard InChI is InChI=1S/C11H11Cl2N4O6/c12-3-5-14(6-4-13)15(19)11(18)9-2-1-8(16(20)21)7-10(9)17(22)23/h1-2,7H,3-6H2/q-1. The Morgan fingerprint density at radius 2 is 1.65 bits per heavy atom. The highest BCUT2D eigenvalue weighted by molar-refractivity contribution is 6.18. The van der Waals surface area contributed by atoms with Crippen LogP contribution in [0.15, 0.2) is 18.2 Å². The Morgan fingerprint density at radius 1 is 1.09 bits per heavy atom. The van der Waals surface area contributed by atoms with Crippen LogP contribution in [0.3, 0.4) is 0 Å². The molecule has 0 aliphatic rings. The van der Waals surface area contributed by atoms with E-state index in [9.17, 15) is 30.2 Å². The number of hydrogen-bond donors (Lipinski definition) is 0. The lowest BCUT2D eigenvalue weighted by molar-refractivity contribution is -0.394. The minimum atomic E-state index is -1.23. The first-order valence-electron chi connectivity index (χ1n) is 6.14. The molecule has 0 fully saturated rings. The summed E-state index contributed by atoms with van der Waals surface area (Å²) in [6.45, 7) is 0.00852. The lowest BCUT2D eigenvalue weighted by Crippen LogP contribution is -2.44. The molecule has 1 amide bonds. The maximum Gasteiger partial charge on any atom is 0.289 e. The molecule has 0 saturated carbocycles. The number of hydroxylamine groups is 1. The minimum absolute atomic E-state index is 0.00426. The van der Waals surface area contributed by atoms with Crippen molar-refractivity contribution >= 4 is 40.5 Å². The van der Waals surface area contributed by atoms with Crippen molar-refractivity contribution in [2.75, 3.05) is 24.8 Å². The lowest BCUT2D eigenvalue weighted by atomic mass is 10.1. The number of carbonyl (C=O) groups is 1. The Hall–Kier alpha value is -2.01. The number of nitro groups is 2. The molecule has 1 aromatic carbocycles. The van der Waals surface area contributed by atoms with Gasteiger partial charge < -0.3 is 10.4 Å². The average Bonchev–Trinajstić information content (AvgIpc) is 2.52. The van der Waals surface area contributed by atoms with Gasteiger partial charge in [-0.2, -0.15) is 0 Å². The average molecular weight is 366 g/mol. The summed E-state index contributed by atoms with van der Waals surface area (Å²) in [7, 11) is 0. The molecule has 0 N–H and O–H groups in total. The molecule has 0 radical (unpaired) electrons. The molecule has 0 aliphatic carbocycles. The molecule has 0 aliphatic heterocycles. The fraction of sp³-hybridized carbons (Fsp3) is 0.364. The molecule has 1 aromatic rings. The summed E-state index contributed by atoms with van der Waals surface area (Å²) in [4.78, 5) is 32.0. The van der Waals surface area contributed by atoms with Crippen LogP contribution in [0.4, 0.5) is 11.4 Å². The zero-order valence-electron chi connectivity index (χ0n) is 11.6.